The van der Waals surface area contributed by atoms with Gasteiger partial charge in [-0.2, -0.15) is 0 Å². The Labute approximate surface area is 144 Å². The van der Waals surface area contributed by atoms with Crippen molar-refractivity contribution in [1.82, 2.24) is 4.98 Å². The molecule has 3 aromatic rings. The Hall–Kier alpha value is -2.35. The third kappa shape index (κ3) is 2.77. The van der Waals surface area contributed by atoms with E-state index in [1.54, 1.807) is 0 Å². The Morgan fingerprint density at radius 1 is 1.00 bits per heavy atom. The van der Waals surface area contributed by atoms with Crippen LogP contribution in [0.15, 0.2) is 60.8 Å². The average Bonchev–Trinajstić information content (AvgIpc) is 3.11. The van der Waals surface area contributed by atoms with Crippen molar-refractivity contribution in [2.75, 3.05) is 18.0 Å². The van der Waals surface area contributed by atoms with Crippen LogP contribution in [0.2, 0.25) is 0 Å². The summed E-state index contributed by atoms with van der Waals surface area (Å²) in [6.07, 6.45) is 3.16. The van der Waals surface area contributed by atoms with Crippen molar-refractivity contribution < 1.29 is 0 Å². The topological polar surface area (TPSA) is 16.1 Å². The first-order chi connectivity index (χ1) is 11.7. The largest absolute Gasteiger partial charge is 0.371 e. The predicted octanol–water partition coefficient (Wildman–Crippen LogP) is 5.35. The molecule has 2 heterocycles. The van der Waals surface area contributed by atoms with Gasteiger partial charge in [-0.05, 0) is 47.7 Å². The van der Waals surface area contributed by atoms with Gasteiger partial charge in [0.05, 0.1) is 5.52 Å². The van der Waals surface area contributed by atoms with Gasteiger partial charge in [0.1, 0.15) is 0 Å². The molecule has 0 bridgehead atoms. The van der Waals surface area contributed by atoms with Crippen LogP contribution in [-0.2, 0) is 0 Å². The number of benzene rings is 2. The fraction of sp³-hybridized carbons (Fsp3) is 0.318. The molecular weight excluding hydrogens is 292 g/mol. The molecule has 4 rings (SSSR count). The zero-order valence-corrected chi connectivity index (χ0v) is 14.4. The van der Waals surface area contributed by atoms with Gasteiger partial charge in [0.15, 0.2) is 0 Å². The Bertz CT molecular complexity index is 831. The van der Waals surface area contributed by atoms with E-state index in [-0.39, 0.29) is 0 Å². The minimum atomic E-state index is 0.586. The highest BCUT2D eigenvalue weighted by molar-refractivity contribution is 5.82. The summed E-state index contributed by atoms with van der Waals surface area (Å²) in [7, 11) is 0. The standard InChI is InChI=1S/C22H24N2/c1-16(2)17-7-9-19(10-8-17)24-14-12-18(15-24)20-11-13-23-22-6-4-3-5-21(20)22/h3-11,13,16,18H,12,14-15H2,1-2H3. The van der Waals surface area contributed by atoms with Gasteiger partial charge in [-0.1, -0.05) is 44.2 Å². The molecule has 0 spiro atoms. The third-order valence-corrected chi connectivity index (χ3v) is 5.24. The second kappa shape index (κ2) is 6.27. The molecule has 24 heavy (non-hydrogen) atoms. The highest BCUT2D eigenvalue weighted by Crippen LogP contribution is 2.34. The molecule has 0 amide bonds. The predicted molar refractivity (Wildman–Crippen MR) is 102 cm³/mol. The normalized spacial score (nSPS) is 17.8. The molecule has 1 aromatic heterocycles. The molecule has 2 heteroatoms. The van der Waals surface area contributed by atoms with E-state index in [1.807, 2.05) is 6.20 Å². The summed E-state index contributed by atoms with van der Waals surface area (Å²) in [5, 5.41) is 1.31. The van der Waals surface area contributed by atoms with Crippen LogP contribution < -0.4 is 4.90 Å². The zero-order chi connectivity index (χ0) is 16.5. The summed E-state index contributed by atoms with van der Waals surface area (Å²) in [6, 6.07) is 19.8. The number of pyridine rings is 1. The van der Waals surface area contributed by atoms with E-state index < -0.39 is 0 Å². The molecule has 122 valence electrons. The summed E-state index contributed by atoms with van der Waals surface area (Å²) in [4.78, 5) is 7.02. The molecular formula is C22H24N2. The number of hydrogen-bond donors (Lipinski definition) is 0. The van der Waals surface area contributed by atoms with Gasteiger partial charge in [0.2, 0.25) is 0 Å². The molecule has 0 radical (unpaired) electrons. The van der Waals surface area contributed by atoms with Gasteiger partial charge >= 0.3 is 0 Å². The Morgan fingerprint density at radius 2 is 1.79 bits per heavy atom. The molecule has 0 saturated carbocycles. The second-order valence-corrected chi connectivity index (χ2v) is 7.10. The van der Waals surface area contributed by atoms with Gasteiger partial charge in [0.25, 0.3) is 0 Å². The van der Waals surface area contributed by atoms with Gasteiger partial charge in [-0.15, -0.1) is 0 Å². The molecule has 1 unspecified atom stereocenters. The maximum Gasteiger partial charge on any atom is 0.0704 e. The summed E-state index contributed by atoms with van der Waals surface area (Å²) in [5.41, 5.74) is 5.31. The minimum absolute atomic E-state index is 0.586. The number of fused-ring (bicyclic) bond motifs is 1. The molecule has 2 aromatic carbocycles. The minimum Gasteiger partial charge on any atom is -0.371 e. The van der Waals surface area contributed by atoms with Crippen LogP contribution in [0.3, 0.4) is 0 Å². The van der Waals surface area contributed by atoms with E-state index in [9.17, 15) is 0 Å². The Balaban J connectivity index is 1.57. The molecule has 0 aliphatic carbocycles. The van der Waals surface area contributed by atoms with Crippen LogP contribution in [0.25, 0.3) is 10.9 Å². The van der Waals surface area contributed by atoms with Crippen molar-refractivity contribution in [3.63, 3.8) is 0 Å². The van der Waals surface area contributed by atoms with Crippen molar-refractivity contribution in [3.05, 3.63) is 71.9 Å². The van der Waals surface area contributed by atoms with Crippen molar-refractivity contribution in [2.45, 2.75) is 32.1 Å². The van der Waals surface area contributed by atoms with E-state index in [4.69, 9.17) is 0 Å². The lowest BCUT2D eigenvalue weighted by Gasteiger charge is -2.20. The smallest absolute Gasteiger partial charge is 0.0704 e. The molecule has 1 fully saturated rings. The SMILES string of the molecule is CC(C)c1ccc(N2CCC(c3ccnc4ccccc34)C2)cc1. The zero-order valence-electron chi connectivity index (χ0n) is 14.4. The Morgan fingerprint density at radius 3 is 2.58 bits per heavy atom. The first kappa shape index (κ1) is 15.2. The second-order valence-electron chi connectivity index (χ2n) is 7.10. The van der Waals surface area contributed by atoms with Crippen LogP contribution in [0, 0.1) is 0 Å². The summed E-state index contributed by atoms with van der Waals surface area (Å²) in [5.74, 6) is 1.18. The molecule has 1 aliphatic rings. The number of anilines is 1. The lowest BCUT2D eigenvalue weighted by molar-refractivity contribution is 0.781. The van der Waals surface area contributed by atoms with E-state index in [0.717, 1.165) is 18.6 Å². The van der Waals surface area contributed by atoms with Crippen molar-refractivity contribution in [1.29, 1.82) is 0 Å². The molecule has 2 nitrogen and oxygen atoms in total. The average molecular weight is 316 g/mol. The van der Waals surface area contributed by atoms with Crippen molar-refractivity contribution in [3.8, 4) is 0 Å². The fourth-order valence-corrected chi connectivity index (χ4v) is 3.79. The quantitative estimate of drug-likeness (QED) is 0.647. The van der Waals surface area contributed by atoms with Gasteiger partial charge in [-0.25, -0.2) is 0 Å². The molecule has 1 atom stereocenters. The van der Waals surface area contributed by atoms with Crippen LogP contribution in [0.4, 0.5) is 5.69 Å². The third-order valence-electron chi connectivity index (χ3n) is 5.24. The van der Waals surface area contributed by atoms with Crippen LogP contribution in [0.1, 0.15) is 43.2 Å². The number of aromatic nitrogens is 1. The maximum absolute atomic E-state index is 4.50. The summed E-state index contributed by atoms with van der Waals surface area (Å²) in [6.45, 7) is 6.71. The Kier molecular flexibility index (Phi) is 3.97. The van der Waals surface area contributed by atoms with E-state index in [0.29, 0.717) is 11.8 Å². The van der Waals surface area contributed by atoms with Crippen LogP contribution >= 0.6 is 0 Å². The van der Waals surface area contributed by atoms with Crippen molar-refractivity contribution in [2.24, 2.45) is 0 Å². The van der Waals surface area contributed by atoms with Gasteiger partial charge < -0.3 is 4.90 Å². The van der Waals surface area contributed by atoms with Crippen LogP contribution in [0.5, 0.6) is 0 Å². The highest BCUT2D eigenvalue weighted by atomic mass is 15.1. The monoisotopic (exact) mass is 316 g/mol. The number of nitrogens with zero attached hydrogens (tertiary/aromatic N) is 2. The molecule has 1 aliphatic heterocycles. The van der Waals surface area contributed by atoms with E-state index in [2.05, 4.69) is 78.3 Å². The number of para-hydroxylation sites is 1. The van der Waals surface area contributed by atoms with Gasteiger partial charge in [-0.3, -0.25) is 4.98 Å². The summed E-state index contributed by atoms with van der Waals surface area (Å²) >= 11 is 0. The first-order valence-electron chi connectivity index (χ1n) is 8.91. The lowest BCUT2D eigenvalue weighted by Crippen LogP contribution is -2.19. The highest BCUT2D eigenvalue weighted by Gasteiger charge is 2.25. The fourth-order valence-electron chi connectivity index (χ4n) is 3.79. The van der Waals surface area contributed by atoms with Crippen LogP contribution in [-0.4, -0.2) is 18.1 Å². The molecule has 1 saturated heterocycles. The summed E-state index contributed by atoms with van der Waals surface area (Å²) < 4.78 is 0. The molecule has 0 N–H and O–H groups in total. The van der Waals surface area contributed by atoms with E-state index >= 15 is 0 Å². The number of rotatable bonds is 3. The number of hydrogen-bond acceptors (Lipinski definition) is 2. The van der Waals surface area contributed by atoms with E-state index in [1.165, 1.54) is 28.6 Å². The maximum atomic E-state index is 4.50. The van der Waals surface area contributed by atoms with Gasteiger partial charge in [0, 0.05) is 36.3 Å². The lowest BCUT2D eigenvalue weighted by atomic mass is 9.95. The van der Waals surface area contributed by atoms with Crippen molar-refractivity contribution >= 4 is 16.6 Å². The first-order valence-corrected chi connectivity index (χ1v) is 8.91.